The van der Waals surface area contributed by atoms with Crippen LogP contribution in [-0.2, 0) is 27.0 Å². The zero-order chi connectivity index (χ0) is 27.2. The van der Waals surface area contributed by atoms with Crippen molar-refractivity contribution < 1.29 is 32.6 Å². The Morgan fingerprint density at radius 1 is 1.16 bits per heavy atom. The molecule has 0 saturated carbocycles. The molecule has 0 spiro atoms. The number of rotatable bonds is 6. The molecule has 0 unspecified atom stereocenters. The Labute approximate surface area is 208 Å². The summed E-state index contributed by atoms with van der Waals surface area (Å²) in [6.45, 7) is -1.50. The number of para-hydroxylation sites is 4. The third kappa shape index (κ3) is 6.43. The van der Waals surface area contributed by atoms with Crippen molar-refractivity contribution in [2.75, 3.05) is 20.7 Å². The number of imidazole rings is 2. The van der Waals surface area contributed by atoms with E-state index in [2.05, 4.69) is 15.0 Å². The maximum atomic E-state index is 13.3. The number of carbonyl (C=O) groups is 2. The molecule has 2 aromatic heterocycles. The molecule has 192 valence electrons. The fourth-order valence-electron chi connectivity index (χ4n) is 3.17. The maximum Gasteiger partial charge on any atom is 0.449 e. The van der Waals surface area contributed by atoms with Gasteiger partial charge in [-0.15, -0.1) is 0 Å². The zero-order valence-corrected chi connectivity index (χ0v) is 19.7. The van der Waals surface area contributed by atoms with E-state index in [-0.39, 0.29) is 22.4 Å². The van der Waals surface area contributed by atoms with Crippen LogP contribution in [0.4, 0.5) is 13.2 Å². The van der Waals surface area contributed by atoms with Crippen molar-refractivity contribution in [2.45, 2.75) is 12.7 Å². The second-order valence-corrected chi connectivity index (χ2v) is 7.77. The van der Waals surface area contributed by atoms with Gasteiger partial charge in [-0.1, -0.05) is 24.3 Å². The van der Waals surface area contributed by atoms with E-state index in [1.807, 2.05) is 0 Å². The number of alkyl halides is 3. The quantitative estimate of drug-likeness (QED) is 0.173. The first-order chi connectivity index (χ1) is 17.5. The molecule has 0 bridgehead atoms. The van der Waals surface area contributed by atoms with E-state index in [0.29, 0.717) is 15.6 Å². The van der Waals surface area contributed by atoms with Gasteiger partial charge in [-0.2, -0.15) is 18.4 Å². The Morgan fingerprint density at radius 2 is 1.78 bits per heavy atom. The van der Waals surface area contributed by atoms with E-state index in [0.717, 1.165) is 6.41 Å². The fraction of sp³-hybridized carbons (Fsp3) is 0.208. The molecule has 2 aromatic carbocycles. The van der Waals surface area contributed by atoms with Crippen LogP contribution in [0.15, 0.2) is 54.3 Å². The van der Waals surface area contributed by atoms with Crippen LogP contribution < -0.4 is 0 Å². The van der Waals surface area contributed by atoms with E-state index >= 15 is 0 Å². The molecule has 2 heterocycles. The number of aliphatic hydroxyl groups is 1. The smallest absolute Gasteiger partial charge is 0.449 e. The van der Waals surface area contributed by atoms with Crippen LogP contribution in [0, 0.1) is 11.3 Å². The number of halogens is 3. The van der Waals surface area contributed by atoms with E-state index in [1.165, 1.54) is 29.2 Å². The Hall–Kier alpha value is -4.86. The number of aromatic nitrogens is 4. The molecule has 0 radical (unpaired) electrons. The molecule has 0 atom stereocenters. The van der Waals surface area contributed by atoms with Gasteiger partial charge in [0.2, 0.25) is 12.2 Å². The minimum absolute atomic E-state index is 0.0715. The summed E-state index contributed by atoms with van der Waals surface area (Å²) in [7, 11) is 3.38. The number of nitrogens with one attached hydrogen (secondary N) is 1. The van der Waals surface area contributed by atoms with Crippen LogP contribution in [0.5, 0.6) is 0 Å². The molecule has 13 heteroatoms. The number of aliphatic hydroxyl groups excluding tert-OH is 1. The van der Waals surface area contributed by atoms with Crippen LogP contribution in [0.25, 0.3) is 27.6 Å². The average molecular weight is 514 g/mol. The molecule has 0 aliphatic heterocycles. The number of aromatic amines is 1. The second kappa shape index (κ2) is 11.3. The molecular weight excluding hydrogens is 493 g/mol. The van der Waals surface area contributed by atoms with Gasteiger partial charge in [-0.05, 0) is 24.3 Å². The number of esters is 1. The molecule has 37 heavy (non-hydrogen) atoms. The summed E-state index contributed by atoms with van der Waals surface area (Å²) < 4.78 is 45.7. The standard InChI is InChI=1S/C21H14F3N5O3.C3H7NO/c22-21(23,24)20-28-15-7-3-4-8-16(15)29(20)10-18(31)32-11-17(30)12(9-25)19-26-13-5-1-2-6-14(13)27-19;1-4(2)3-5/h1-8,30H,10-11H2,(H,26,27);3H,1-2H3. The van der Waals surface area contributed by atoms with Gasteiger partial charge in [-0.3, -0.25) is 9.59 Å². The summed E-state index contributed by atoms with van der Waals surface area (Å²) in [4.78, 5) is 33.7. The van der Waals surface area contributed by atoms with E-state index in [9.17, 15) is 33.1 Å². The molecule has 2 N–H and O–H groups in total. The van der Waals surface area contributed by atoms with Crippen molar-refractivity contribution in [2.24, 2.45) is 0 Å². The lowest BCUT2D eigenvalue weighted by Gasteiger charge is -2.11. The number of amides is 1. The highest BCUT2D eigenvalue weighted by Crippen LogP contribution is 2.31. The number of nitrogens with zero attached hydrogens (tertiary/aromatic N) is 5. The van der Waals surface area contributed by atoms with Crippen molar-refractivity contribution in [3.63, 3.8) is 0 Å². The van der Waals surface area contributed by atoms with Crippen LogP contribution in [0.2, 0.25) is 0 Å². The van der Waals surface area contributed by atoms with Gasteiger partial charge in [0.15, 0.2) is 11.6 Å². The first-order valence-corrected chi connectivity index (χ1v) is 10.6. The van der Waals surface area contributed by atoms with Gasteiger partial charge in [0.25, 0.3) is 0 Å². The van der Waals surface area contributed by atoms with Gasteiger partial charge < -0.3 is 24.3 Å². The van der Waals surface area contributed by atoms with Crippen LogP contribution in [-0.4, -0.2) is 62.6 Å². The molecule has 1 amide bonds. The summed E-state index contributed by atoms with van der Waals surface area (Å²) in [5, 5.41) is 19.6. The summed E-state index contributed by atoms with van der Waals surface area (Å²) in [6.07, 6.45) is -4.03. The highest BCUT2D eigenvalue weighted by Gasteiger charge is 2.38. The Kier molecular flexibility index (Phi) is 8.13. The molecule has 0 fully saturated rings. The minimum Gasteiger partial charge on any atom is -0.507 e. The van der Waals surface area contributed by atoms with Crippen molar-refractivity contribution in [3.8, 4) is 6.07 Å². The predicted molar refractivity (Wildman–Crippen MR) is 127 cm³/mol. The number of ether oxygens (including phenoxy) is 1. The molecule has 0 aliphatic carbocycles. The fourth-order valence-corrected chi connectivity index (χ4v) is 3.17. The van der Waals surface area contributed by atoms with E-state index in [4.69, 9.17) is 4.74 Å². The summed E-state index contributed by atoms with van der Waals surface area (Å²) in [6, 6.07) is 14.6. The highest BCUT2D eigenvalue weighted by atomic mass is 19.4. The summed E-state index contributed by atoms with van der Waals surface area (Å²) in [5.41, 5.74) is 1.13. The normalized spacial score (nSPS) is 11.8. The summed E-state index contributed by atoms with van der Waals surface area (Å²) in [5.74, 6) is -2.81. The molecule has 0 aliphatic rings. The molecule has 0 saturated heterocycles. The van der Waals surface area contributed by atoms with E-state index < -0.39 is 36.9 Å². The SMILES string of the molecule is CN(C)C=O.N#CC(=C(O)COC(=O)Cn1c(C(F)(F)F)nc2ccccc21)c1nc2ccccc2[nH]1. The number of hydrogen-bond acceptors (Lipinski definition) is 7. The van der Waals surface area contributed by atoms with Crippen molar-refractivity contribution in [1.82, 2.24) is 24.4 Å². The van der Waals surface area contributed by atoms with Crippen LogP contribution >= 0.6 is 0 Å². The topological polar surface area (TPSA) is 137 Å². The molecule has 4 aromatic rings. The van der Waals surface area contributed by atoms with Crippen LogP contribution in [0.3, 0.4) is 0 Å². The third-order valence-electron chi connectivity index (χ3n) is 4.80. The van der Waals surface area contributed by atoms with Gasteiger partial charge >= 0.3 is 12.1 Å². The van der Waals surface area contributed by atoms with Gasteiger partial charge in [0.05, 0.1) is 22.1 Å². The Balaban J connectivity index is 0.000000695. The summed E-state index contributed by atoms with van der Waals surface area (Å²) >= 11 is 0. The lowest BCUT2D eigenvalue weighted by atomic mass is 10.2. The Morgan fingerprint density at radius 3 is 2.38 bits per heavy atom. The predicted octanol–water partition coefficient (Wildman–Crippen LogP) is 3.67. The Bertz CT molecular complexity index is 1460. The third-order valence-corrected chi connectivity index (χ3v) is 4.80. The zero-order valence-electron chi connectivity index (χ0n) is 19.7. The number of hydrogen-bond donors (Lipinski definition) is 2. The molecule has 4 rings (SSSR count). The van der Waals surface area contributed by atoms with Crippen molar-refractivity contribution in [1.29, 1.82) is 5.26 Å². The number of carbonyl (C=O) groups excluding carboxylic acids is 2. The number of fused-ring (bicyclic) bond motifs is 2. The highest BCUT2D eigenvalue weighted by molar-refractivity contribution is 5.83. The van der Waals surface area contributed by atoms with Gasteiger partial charge in [0.1, 0.15) is 24.8 Å². The first kappa shape index (κ1) is 26.7. The minimum atomic E-state index is -4.78. The number of H-pyrrole nitrogens is 1. The maximum absolute atomic E-state index is 13.3. The monoisotopic (exact) mass is 514 g/mol. The van der Waals surface area contributed by atoms with E-state index in [1.54, 1.807) is 44.4 Å². The van der Waals surface area contributed by atoms with Crippen molar-refractivity contribution >= 4 is 40.0 Å². The van der Waals surface area contributed by atoms with Gasteiger partial charge in [-0.25, -0.2) is 9.97 Å². The largest absolute Gasteiger partial charge is 0.507 e. The lowest BCUT2D eigenvalue weighted by Crippen LogP contribution is -2.21. The average Bonchev–Trinajstić information content (AvgIpc) is 3.45. The first-order valence-electron chi connectivity index (χ1n) is 10.6. The molecule has 10 nitrogen and oxygen atoms in total. The lowest BCUT2D eigenvalue weighted by molar-refractivity contribution is -0.150. The van der Waals surface area contributed by atoms with Crippen LogP contribution in [0.1, 0.15) is 11.6 Å². The van der Waals surface area contributed by atoms with Crippen molar-refractivity contribution in [3.05, 3.63) is 65.9 Å². The van der Waals surface area contributed by atoms with Gasteiger partial charge in [0, 0.05) is 14.1 Å². The second-order valence-electron chi connectivity index (χ2n) is 7.77. The number of allylic oxidation sites excluding steroid dienone is 1. The molecular formula is C24H21F3N6O4. The number of benzene rings is 2. The number of nitriles is 1.